The second-order valence-electron chi connectivity index (χ2n) is 14.4. The Balaban J connectivity index is 1.28. The molecule has 8 rings (SSSR count). The molecule has 0 N–H and O–H groups in total. The predicted molar refractivity (Wildman–Crippen MR) is 224 cm³/mol. The zero-order chi connectivity index (χ0) is 35.7. The number of rotatable bonds is 8. The fraction of sp³-hybridized carbons (Fsp3) is 0.0833. The number of fused-ring (bicyclic) bond motifs is 1. The standard InChI is InChI=1S/C48H41N3Si/c1-34-32-49-45(30-43(34)36-16-7-5-8-17-36)38-22-13-24-40(28-38)51(47-27-15-21-35-20-11-12-26-42(35)47)41-25-14-23-39(29-41)46-31-44(37-18-9-6-10-19-37)48(33-50-46)52(2,3)4/h5-33H,1-4H3. The van der Waals surface area contributed by atoms with Gasteiger partial charge in [-0.1, -0.05) is 141 Å². The van der Waals surface area contributed by atoms with Gasteiger partial charge in [0.15, 0.2) is 0 Å². The van der Waals surface area contributed by atoms with E-state index in [0.717, 1.165) is 45.1 Å². The number of anilines is 3. The van der Waals surface area contributed by atoms with Gasteiger partial charge in [-0.15, -0.1) is 0 Å². The van der Waals surface area contributed by atoms with Gasteiger partial charge < -0.3 is 4.90 Å². The first-order valence-electron chi connectivity index (χ1n) is 17.9. The quantitative estimate of drug-likeness (QED) is 0.149. The van der Waals surface area contributed by atoms with E-state index < -0.39 is 8.07 Å². The molecule has 0 amide bonds. The Morgan fingerprint density at radius 3 is 1.60 bits per heavy atom. The van der Waals surface area contributed by atoms with Crippen molar-refractivity contribution in [3.63, 3.8) is 0 Å². The molecule has 6 aromatic carbocycles. The second-order valence-corrected chi connectivity index (χ2v) is 19.5. The average Bonchev–Trinajstić information content (AvgIpc) is 3.19. The lowest BCUT2D eigenvalue weighted by molar-refractivity contribution is 1.26. The van der Waals surface area contributed by atoms with E-state index in [9.17, 15) is 0 Å². The van der Waals surface area contributed by atoms with E-state index in [2.05, 4.69) is 201 Å². The zero-order valence-electron chi connectivity index (χ0n) is 30.1. The Kier molecular flexibility index (Phi) is 8.84. The summed E-state index contributed by atoms with van der Waals surface area (Å²) in [7, 11) is -1.66. The van der Waals surface area contributed by atoms with E-state index in [1.165, 1.54) is 38.2 Å². The monoisotopic (exact) mass is 687 g/mol. The molecule has 252 valence electrons. The lowest BCUT2D eigenvalue weighted by Gasteiger charge is -2.28. The molecular formula is C48H41N3Si. The molecule has 0 bridgehead atoms. The van der Waals surface area contributed by atoms with Gasteiger partial charge in [0.05, 0.1) is 25.1 Å². The third-order valence-corrected chi connectivity index (χ3v) is 11.8. The number of hydrogen-bond acceptors (Lipinski definition) is 3. The summed E-state index contributed by atoms with van der Waals surface area (Å²) < 4.78 is 0. The van der Waals surface area contributed by atoms with Crippen molar-refractivity contribution >= 4 is 41.1 Å². The molecular weight excluding hydrogens is 647 g/mol. The molecule has 2 heterocycles. The van der Waals surface area contributed by atoms with E-state index in [4.69, 9.17) is 9.97 Å². The summed E-state index contributed by atoms with van der Waals surface area (Å²) in [6.07, 6.45) is 4.11. The van der Waals surface area contributed by atoms with Gasteiger partial charge in [0, 0.05) is 40.3 Å². The Hall–Kier alpha value is -6.10. The van der Waals surface area contributed by atoms with Crippen LogP contribution in [0.15, 0.2) is 176 Å². The zero-order valence-corrected chi connectivity index (χ0v) is 31.1. The first-order chi connectivity index (χ1) is 25.3. The van der Waals surface area contributed by atoms with Crippen LogP contribution in [-0.4, -0.2) is 18.0 Å². The maximum Gasteiger partial charge on any atom is 0.0804 e. The van der Waals surface area contributed by atoms with E-state index in [1.807, 2.05) is 6.20 Å². The third kappa shape index (κ3) is 6.57. The molecule has 0 fully saturated rings. The SMILES string of the molecule is Cc1cnc(-c2cccc(N(c3cccc(-c4cc(-c5ccccc5)c([Si](C)(C)C)cn4)c3)c3cccc4ccccc34)c2)cc1-c1ccccc1. The number of aromatic nitrogens is 2. The van der Waals surface area contributed by atoms with Crippen LogP contribution >= 0.6 is 0 Å². The first-order valence-corrected chi connectivity index (χ1v) is 21.4. The van der Waals surface area contributed by atoms with Gasteiger partial charge in [-0.2, -0.15) is 0 Å². The third-order valence-electron chi connectivity index (χ3n) is 9.79. The Labute approximate surface area is 307 Å². The van der Waals surface area contributed by atoms with E-state index in [0.29, 0.717) is 0 Å². The lowest BCUT2D eigenvalue weighted by atomic mass is 9.99. The lowest BCUT2D eigenvalue weighted by Crippen LogP contribution is -2.39. The molecule has 3 nitrogen and oxygen atoms in total. The summed E-state index contributed by atoms with van der Waals surface area (Å²) in [5.74, 6) is 0. The van der Waals surface area contributed by atoms with Crippen LogP contribution < -0.4 is 10.1 Å². The largest absolute Gasteiger partial charge is 0.310 e. The molecule has 0 atom stereocenters. The van der Waals surface area contributed by atoms with E-state index in [-0.39, 0.29) is 0 Å². The van der Waals surface area contributed by atoms with Crippen molar-refractivity contribution in [2.75, 3.05) is 4.90 Å². The van der Waals surface area contributed by atoms with Crippen molar-refractivity contribution in [2.45, 2.75) is 26.6 Å². The fourth-order valence-corrected chi connectivity index (χ4v) is 8.59. The van der Waals surface area contributed by atoms with E-state index >= 15 is 0 Å². The van der Waals surface area contributed by atoms with Gasteiger partial charge in [-0.25, -0.2) is 0 Å². The number of benzene rings is 6. The summed E-state index contributed by atoms with van der Waals surface area (Å²) in [5, 5.41) is 3.75. The van der Waals surface area contributed by atoms with Crippen LogP contribution in [0.5, 0.6) is 0 Å². The Bertz CT molecular complexity index is 2510. The summed E-state index contributed by atoms with van der Waals surface area (Å²) in [4.78, 5) is 12.4. The summed E-state index contributed by atoms with van der Waals surface area (Å²) in [6, 6.07) is 58.5. The maximum absolute atomic E-state index is 5.10. The van der Waals surface area contributed by atoms with Crippen molar-refractivity contribution in [1.82, 2.24) is 9.97 Å². The van der Waals surface area contributed by atoms with Gasteiger partial charge in [0.25, 0.3) is 0 Å². The molecule has 0 aliphatic carbocycles. The van der Waals surface area contributed by atoms with Crippen molar-refractivity contribution < 1.29 is 0 Å². The predicted octanol–water partition coefficient (Wildman–Crippen LogP) is 12.6. The van der Waals surface area contributed by atoms with Crippen LogP contribution in [0.4, 0.5) is 17.1 Å². The van der Waals surface area contributed by atoms with Crippen molar-refractivity contribution in [3.05, 3.63) is 182 Å². The molecule has 0 radical (unpaired) electrons. The topological polar surface area (TPSA) is 29.0 Å². The average molecular weight is 688 g/mol. The van der Waals surface area contributed by atoms with Crippen molar-refractivity contribution in [1.29, 1.82) is 0 Å². The van der Waals surface area contributed by atoms with Gasteiger partial charge in [-0.3, -0.25) is 9.97 Å². The highest BCUT2D eigenvalue weighted by Crippen LogP contribution is 2.41. The first kappa shape index (κ1) is 33.1. The second kappa shape index (κ2) is 13.9. The minimum atomic E-state index is -1.66. The number of hydrogen-bond donors (Lipinski definition) is 0. The smallest absolute Gasteiger partial charge is 0.0804 e. The normalized spacial score (nSPS) is 11.5. The van der Waals surface area contributed by atoms with Crippen LogP contribution in [0, 0.1) is 6.92 Å². The highest BCUT2D eigenvalue weighted by atomic mass is 28.3. The molecule has 4 heteroatoms. The van der Waals surface area contributed by atoms with Crippen molar-refractivity contribution in [3.8, 4) is 44.8 Å². The van der Waals surface area contributed by atoms with Crippen LogP contribution in [0.2, 0.25) is 19.6 Å². The van der Waals surface area contributed by atoms with Gasteiger partial charge in [-0.05, 0) is 87.8 Å². The molecule has 0 saturated carbocycles. The number of nitrogens with zero attached hydrogens (tertiary/aromatic N) is 3. The molecule has 8 aromatic rings. The number of pyridine rings is 2. The van der Waals surface area contributed by atoms with E-state index in [1.54, 1.807) is 0 Å². The van der Waals surface area contributed by atoms with Crippen LogP contribution in [0.25, 0.3) is 55.5 Å². The fourth-order valence-electron chi connectivity index (χ4n) is 7.12. The maximum atomic E-state index is 5.10. The minimum Gasteiger partial charge on any atom is -0.310 e. The Morgan fingerprint density at radius 1 is 0.462 bits per heavy atom. The summed E-state index contributed by atoms with van der Waals surface area (Å²) in [6.45, 7) is 9.30. The number of aryl methyl sites for hydroxylation is 1. The Morgan fingerprint density at radius 2 is 0.962 bits per heavy atom. The molecule has 0 spiro atoms. The highest BCUT2D eigenvalue weighted by molar-refractivity contribution is 6.89. The summed E-state index contributed by atoms with van der Waals surface area (Å²) >= 11 is 0. The van der Waals surface area contributed by atoms with Gasteiger partial charge in [0.1, 0.15) is 0 Å². The molecule has 0 unspecified atom stereocenters. The minimum absolute atomic E-state index is 0.943. The highest BCUT2D eigenvalue weighted by Gasteiger charge is 2.23. The van der Waals surface area contributed by atoms with Crippen molar-refractivity contribution in [2.24, 2.45) is 0 Å². The van der Waals surface area contributed by atoms with Crippen LogP contribution in [-0.2, 0) is 0 Å². The summed E-state index contributed by atoms with van der Waals surface area (Å²) in [5.41, 5.74) is 13.3. The van der Waals surface area contributed by atoms with Gasteiger partial charge in [0.2, 0.25) is 0 Å². The van der Waals surface area contributed by atoms with Crippen LogP contribution in [0.3, 0.4) is 0 Å². The molecule has 52 heavy (non-hydrogen) atoms. The molecule has 2 aromatic heterocycles. The van der Waals surface area contributed by atoms with Crippen LogP contribution in [0.1, 0.15) is 5.56 Å². The molecule has 0 aliphatic rings. The van der Waals surface area contributed by atoms with Gasteiger partial charge >= 0.3 is 0 Å². The molecule has 0 aliphatic heterocycles. The molecule has 0 saturated heterocycles.